The van der Waals surface area contributed by atoms with E-state index in [0.717, 1.165) is 11.3 Å². The molecule has 88 valence electrons. The maximum atomic E-state index is 5.96. The van der Waals surface area contributed by atoms with Crippen molar-refractivity contribution in [1.29, 1.82) is 0 Å². The van der Waals surface area contributed by atoms with Crippen molar-refractivity contribution in [3.63, 3.8) is 0 Å². The topological polar surface area (TPSA) is 43.8 Å². The molecule has 0 unspecified atom stereocenters. The smallest absolute Gasteiger partial charge is 0.0691 e. The Kier molecular flexibility index (Phi) is 2.65. The average molecular weight is 248 g/mol. The van der Waals surface area contributed by atoms with Crippen LogP contribution in [0, 0.1) is 0 Å². The van der Waals surface area contributed by atoms with Gasteiger partial charge in [0.15, 0.2) is 0 Å². The minimum atomic E-state index is 0.467. The van der Waals surface area contributed by atoms with Crippen molar-refractivity contribution in [2.24, 2.45) is 5.73 Å². The molecule has 2 aromatic rings. The number of nitrogens with two attached hydrogens (primary N) is 1. The molecule has 1 aromatic carbocycles. The van der Waals surface area contributed by atoms with E-state index >= 15 is 0 Å². The largest absolute Gasteiger partial charge is 0.326 e. The maximum absolute atomic E-state index is 5.96. The van der Waals surface area contributed by atoms with Gasteiger partial charge in [0.25, 0.3) is 0 Å². The summed E-state index contributed by atoms with van der Waals surface area (Å²) in [4.78, 5) is 0. The molecule has 0 aliphatic heterocycles. The summed E-state index contributed by atoms with van der Waals surface area (Å²) in [5.74, 6) is 0.671. The van der Waals surface area contributed by atoms with Crippen molar-refractivity contribution in [3.05, 3.63) is 46.7 Å². The van der Waals surface area contributed by atoms with Gasteiger partial charge in [0, 0.05) is 23.7 Å². The van der Waals surface area contributed by atoms with Gasteiger partial charge in [0.2, 0.25) is 0 Å². The van der Waals surface area contributed by atoms with Crippen LogP contribution in [0.4, 0.5) is 0 Å². The molecule has 17 heavy (non-hydrogen) atoms. The van der Waals surface area contributed by atoms with E-state index in [1.807, 2.05) is 29.1 Å². The highest BCUT2D eigenvalue weighted by atomic mass is 35.5. The monoisotopic (exact) mass is 247 g/mol. The number of halogens is 1. The van der Waals surface area contributed by atoms with Gasteiger partial charge in [0.05, 0.1) is 11.4 Å². The summed E-state index contributed by atoms with van der Waals surface area (Å²) in [6.07, 6.45) is 4.53. The molecule has 0 spiro atoms. The average Bonchev–Trinajstić information content (AvgIpc) is 3.08. The molecule has 0 amide bonds. The highest BCUT2D eigenvalue weighted by Gasteiger charge is 2.26. The maximum Gasteiger partial charge on any atom is 0.0691 e. The zero-order valence-electron chi connectivity index (χ0n) is 9.44. The summed E-state index contributed by atoms with van der Waals surface area (Å²) in [7, 11) is 0. The lowest BCUT2D eigenvalue weighted by atomic mass is 10.2. The van der Waals surface area contributed by atoms with Crippen molar-refractivity contribution >= 4 is 11.6 Å². The van der Waals surface area contributed by atoms with Crippen molar-refractivity contribution < 1.29 is 0 Å². The van der Waals surface area contributed by atoms with Crippen molar-refractivity contribution in [1.82, 2.24) is 9.78 Å². The molecule has 0 saturated heterocycles. The second kappa shape index (κ2) is 4.17. The Hall–Kier alpha value is -1.32. The van der Waals surface area contributed by atoms with Crippen LogP contribution in [-0.4, -0.2) is 9.78 Å². The quantitative estimate of drug-likeness (QED) is 0.907. The summed E-state index contributed by atoms with van der Waals surface area (Å²) < 4.78 is 1.90. The van der Waals surface area contributed by atoms with Gasteiger partial charge in [-0.25, -0.2) is 4.68 Å². The summed E-state index contributed by atoms with van der Waals surface area (Å²) in [6.45, 7) is 0.467. The van der Waals surface area contributed by atoms with Gasteiger partial charge in [-0.05, 0) is 42.7 Å². The van der Waals surface area contributed by atoms with Crippen LogP contribution in [-0.2, 0) is 6.54 Å². The van der Waals surface area contributed by atoms with Crippen LogP contribution < -0.4 is 5.73 Å². The van der Waals surface area contributed by atoms with Gasteiger partial charge in [-0.2, -0.15) is 5.10 Å². The molecule has 1 aliphatic carbocycles. The molecular weight excluding hydrogens is 234 g/mol. The fourth-order valence-corrected chi connectivity index (χ4v) is 2.20. The molecule has 1 aromatic heterocycles. The van der Waals surface area contributed by atoms with Crippen LogP contribution in [0.2, 0.25) is 5.02 Å². The third-order valence-electron chi connectivity index (χ3n) is 3.11. The summed E-state index contributed by atoms with van der Waals surface area (Å²) in [6, 6.07) is 7.82. The first-order valence-corrected chi connectivity index (χ1v) is 6.20. The van der Waals surface area contributed by atoms with Crippen LogP contribution in [0.25, 0.3) is 5.69 Å². The second-order valence-electron chi connectivity index (χ2n) is 4.44. The lowest BCUT2D eigenvalue weighted by Crippen LogP contribution is -2.05. The van der Waals surface area contributed by atoms with Crippen LogP contribution in [0.15, 0.2) is 30.5 Å². The third kappa shape index (κ3) is 2.08. The molecule has 0 atom stereocenters. The molecule has 3 nitrogen and oxygen atoms in total. The van der Waals surface area contributed by atoms with Gasteiger partial charge in [0.1, 0.15) is 0 Å². The Bertz CT molecular complexity index is 543. The Labute approximate surface area is 105 Å². The first-order chi connectivity index (χ1) is 8.28. The SMILES string of the molecule is NCc1cc(Cl)ccc1-n1ccc(C2CC2)n1. The number of aromatic nitrogens is 2. The molecule has 1 fully saturated rings. The summed E-state index contributed by atoms with van der Waals surface area (Å²) >= 11 is 5.96. The van der Waals surface area contributed by atoms with E-state index in [9.17, 15) is 0 Å². The van der Waals surface area contributed by atoms with Gasteiger partial charge in [-0.3, -0.25) is 0 Å². The predicted octanol–water partition coefficient (Wildman–Crippen LogP) is 2.86. The van der Waals surface area contributed by atoms with E-state index in [2.05, 4.69) is 11.2 Å². The Morgan fingerprint density at radius 3 is 2.88 bits per heavy atom. The van der Waals surface area contributed by atoms with Crippen LogP contribution in [0.1, 0.15) is 30.0 Å². The van der Waals surface area contributed by atoms with Crippen molar-refractivity contribution in [3.8, 4) is 5.69 Å². The molecule has 1 heterocycles. The predicted molar refractivity (Wildman–Crippen MR) is 68.4 cm³/mol. The van der Waals surface area contributed by atoms with Gasteiger partial charge in [-0.15, -0.1) is 0 Å². The highest BCUT2D eigenvalue weighted by Crippen LogP contribution is 2.39. The molecule has 4 heteroatoms. The van der Waals surface area contributed by atoms with E-state index in [1.165, 1.54) is 18.5 Å². The Balaban J connectivity index is 2.01. The number of hydrogen-bond acceptors (Lipinski definition) is 2. The lowest BCUT2D eigenvalue weighted by Gasteiger charge is -2.08. The van der Waals surface area contributed by atoms with Crippen LogP contribution in [0.3, 0.4) is 0 Å². The van der Waals surface area contributed by atoms with E-state index in [4.69, 9.17) is 17.3 Å². The molecule has 2 N–H and O–H groups in total. The van der Waals surface area contributed by atoms with E-state index in [0.29, 0.717) is 17.5 Å². The summed E-state index contributed by atoms with van der Waals surface area (Å²) in [5, 5.41) is 5.31. The number of benzene rings is 1. The molecule has 0 bridgehead atoms. The number of hydrogen-bond donors (Lipinski definition) is 1. The molecule has 3 rings (SSSR count). The Morgan fingerprint density at radius 2 is 2.18 bits per heavy atom. The molecule has 0 radical (unpaired) electrons. The van der Waals surface area contributed by atoms with Gasteiger partial charge >= 0.3 is 0 Å². The third-order valence-corrected chi connectivity index (χ3v) is 3.35. The van der Waals surface area contributed by atoms with Crippen LogP contribution in [0.5, 0.6) is 0 Å². The van der Waals surface area contributed by atoms with E-state index < -0.39 is 0 Å². The Morgan fingerprint density at radius 1 is 1.35 bits per heavy atom. The number of nitrogens with zero attached hydrogens (tertiary/aromatic N) is 2. The first-order valence-electron chi connectivity index (χ1n) is 5.82. The molecule has 1 saturated carbocycles. The van der Waals surface area contributed by atoms with Crippen LogP contribution >= 0.6 is 11.6 Å². The molecule has 1 aliphatic rings. The fourth-order valence-electron chi connectivity index (χ4n) is 2.01. The van der Waals surface area contributed by atoms with Gasteiger partial charge < -0.3 is 5.73 Å². The second-order valence-corrected chi connectivity index (χ2v) is 4.87. The minimum absolute atomic E-state index is 0.467. The van der Waals surface area contributed by atoms with Gasteiger partial charge in [-0.1, -0.05) is 11.6 Å². The van der Waals surface area contributed by atoms with E-state index in [-0.39, 0.29) is 0 Å². The lowest BCUT2D eigenvalue weighted by molar-refractivity contribution is 0.823. The van der Waals surface area contributed by atoms with Crippen molar-refractivity contribution in [2.45, 2.75) is 25.3 Å². The number of rotatable bonds is 3. The standard InChI is InChI=1S/C13H14ClN3/c14-11-3-4-13(10(7-11)8-15)17-6-5-12(16-17)9-1-2-9/h3-7,9H,1-2,8,15H2. The highest BCUT2D eigenvalue weighted by molar-refractivity contribution is 6.30. The summed E-state index contributed by atoms with van der Waals surface area (Å²) in [5.41, 5.74) is 8.95. The van der Waals surface area contributed by atoms with E-state index in [1.54, 1.807) is 0 Å². The zero-order valence-corrected chi connectivity index (χ0v) is 10.2. The minimum Gasteiger partial charge on any atom is -0.326 e. The molecular formula is C13H14ClN3. The fraction of sp³-hybridized carbons (Fsp3) is 0.308. The normalized spacial score (nSPS) is 15.2. The first kappa shape index (κ1) is 10.8. The zero-order chi connectivity index (χ0) is 11.8. The van der Waals surface area contributed by atoms with Crippen molar-refractivity contribution in [2.75, 3.05) is 0 Å².